The molecule has 25 heavy (non-hydrogen) atoms. The van der Waals surface area contributed by atoms with Crippen LogP contribution in [-0.2, 0) is 11.3 Å². The molecule has 0 saturated heterocycles. The maximum Gasteiger partial charge on any atom is 0.410 e. The number of ether oxygens (including phenoxy) is 1. The molecule has 0 aliphatic carbocycles. The van der Waals surface area contributed by atoms with Gasteiger partial charge in [0.15, 0.2) is 5.96 Å². The van der Waals surface area contributed by atoms with Crippen molar-refractivity contribution in [1.29, 1.82) is 0 Å². The van der Waals surface area contributed by atoms with Gasteiger partial charge in [-0.15, -0.1) is 0 Å². The molecule has 1 rings (SSSR count). The number of likely N-dealkylation sites (N-methyl/N-ethyl adjacent to an activating group) is 1. The van der Waals surface area contributed by atoms with E-state index in [-0.39, 0.29) is 11.9 Å². The fraction of sp³-hybridized carbons (Fsp3) is 0.556. The SMILES string of the molecule is CCN(CCNC(=NC)NCc1cccc(F)c1)C(=O)OC(C)(C)C. The van der Waals surface area contributed by atoms with Crippen molar-refractivity contribution >= 4 is 12.1 Å². The number of rotatable bonds is 6. The van der Waals surface area contributed by atoms with Crippen LogP contribution < -0.4 is 10.6 Å². The molecule has 0 bridgehead atoms. The molecule has 0 atom stereocenters. The zero-order valence-corrected chi connectivity index (χ0v) is 15.7. The molecule has 0 aliphatic heterocycles. The second kappa shape index (κ2) is 9.86. The first-order valence-corrected chi connectivity index (χ1v) is 8.42. The zero-order valence-electron chi connectivity index (χ0n) is 15.7. The van der Waals surface area contributed by atoms with Crippen LogP contribution in [0.5, 0.6) is 0 Å². The average molecular weight is 352 g/mol. The van der Waals surface area contributed by atoms with Gasteiger partial charge in [0.1, 0.15) is 11.4 Å². The monoisotopic (exact) mass is 352 g/mol. The van der Waals surface area contributed by atoms with E-state index in [2.05, 4.69) is 15.6 Å². The highest BCUT2D eigenvalue weighted by Crippen LogP contribution is 2.09. The summed E-state index contributed by atoms with van der Waals surface area (Å²) in [6, 6.07) is 6.39. The quantitative estimate of drug-likeness (QED) is 0.610. The first-order chi connectivity index (χ1) is 11.7. The van der Waals surface area contributed by atoms with E-state index in [1.807, 2.05) is 33.8 Å². The van der Waals surface area contributed by atoms with Crippen molar-refractivity contribution in [3.8, 4) is 0 Å². The number of nitrogens with one attached hydrogen (secondary N) is 2. The third-order valence-electron chi connectivity index (χ3n) is 3.28. The van der Waals surface area contributed by atoms with Crippen LogP contribution in [0.15, 0.2) is 29.3 Å². The van der Waals surface area contributed by atoms with Gasteiger partial charge in [-0.05, 0) is 45.4 Å². The second-order valence-corrected chi connectivity index (χ2v) is 6.54. The standard InChI is InChI=1S/C18H29FN4O2/c1-6-23(17(24)25-18(2,3)4)11-10-21-16(20-5)22-13-14-8-7-9-15(19)12-14/h7-9,12H,6,10-11,13H2,1-5H3,(H2,20,21,22). The molecule has 1 amide bonds. The van der Waals surface area contributed by atoms with Crippen LogP contribution in [-0.4, -0.2) is 49.2 Å². The van der Waals surface area contributed by atoms with Crippen molar-refractivity contribution in [3.05, 3.63) is 35.6 Å². The first kappa shape index (κ1) is 20.7. The molecule has 7 heteroatoms. The van der Waals surface area contributed by atoms with E-state index >= 15 is 0 Å². The molecule has 0 aromatic heterocycles. The van der Waals surface area contributed by atoms with Gasteiger partial charge in [0.05, 0.1) is 0 Å². The molecule has 0 radical (unpaired) electrons. The van der Waals surface area contributed by atoms with E-state index in [9.17, 15) is 9.18 Å². The van der Waals surface area contributed by atoms with E-state index < -0.39 is 5.60 Å². The highest BCUT2D eigenvalue weighted by atomic mass is 19.1. The van der Waals surface area contributed by atoms with Gasteiger partial charge in [-0.1, -0.05) is 12.1 Å². The van der Waals surface area contributed by atoms with Gasteiger partial charge in [0, 0.05) is 33.2 Å². The van der Waals surface area contributed by atoms with Crippen LogP contribution in [0.25, 0.3) is 0 Å². The largest absolute Gasteiger partial charge is 0.444 e. The smallest absolute Gasteiger partial charge is 0.410 e. The lowest BCUT2D eigenvalue weighted by Crippen LogP contribution is -2.44. The summed E-state index contributed by atoms with van der Waals surface area (Å²) in [4.78, 5) is 17.8. The fourth-order valence-corrected chi connectivity index (χ4v) is 2.07. The maximum absolute atomic E-state index is 13.2. The minimum absolute atomic E-state index is 0.266. The molecule has 6 nitrogen and oxygen atoms in total. The predicted molar refractivity (Wildman–Crippen MR) is 98.1 cm³/mol. The number of hydrogen-bond acceptors (Lipinski definition) is 3. The lowest BCUT2D eigenvalue weighted by Gasteiger charge is -2.26. The summed E-state index contributed by atoms with van der Waals surface area (Å²) in [5.41, 5.74) is 0.312. The number of halogens is 1. The van der Waals surface area contributed by atoms with E-state index in [0.29, 0.717) is 32.1 Å². The van der Waals surface area contributed by atoms with E-state index in [4.69, 9.17) is 4.74 Å². The van der Waals surface area contributed by atoms with Crippen LogP contribution in [0.4, 0.5) is 9.18 Å². The summed E-state index contributed by atoms with van der Waals surface area (Å²) < 4.78 is 18.5. The Morgan fingerprint density at radius 2 is 2.04 bits per heavy atom. The van der Waals surface area contributed by atoms with Crippen LogP contribution >= 0.6 is 0 Å². The molecule has 1 aromatic carbocycles. The Morgan fingerprint density at radius 3 is 2.60 bits per heavy atom. The Hall–Kier alpha value is -2.31. The van der Waals surface area contributed by atoms with Gasteiger partial charge in [0.2, 0.25) is 0 Å². The third kappa shape index (κ3) is 8.37. The number of hydrogen-bond donors (Lipinski definition) is 2. The number of guanidine groups is 1. The molecule has 0 aliphatic rings. The van der Waals surface area contributed by atoms with Crippen LogP contribution in [0.2, 0.25) is 0 Å². The Kier molecular flexibility index (Phi) is 8.18. The Labute approximate surface area is 149 Å². The molecular formula is C18H29FN4O2. The van der Waals surface area contributed by atoms with Gasteiger partial charge in [-0.2, -0.15) is 0 Å². The van der Waals surface area contributed by atoms with Crippen molar-refractivity contribution in [2.45, 2.75) is 39.8 Å². The fourth-order valence-electron chi connectivity index (χ4n) is 2.07. The van der Waals surface area contributed by atoms with Crippen LogP contribution in [0, 0.1) is 5.82 Å². The lowest BCUT2D eigenvalue weighted by atomic mass is 10.2. The van der Waals surface area contributed by atoms with Gasteiger partial charge >= 0.3 is 6.09 Å². The number of amides is 1. The average Bonchev–Trinajstić information content (AvgIpc) is 2.52. The van der Waals surface area contributed by atoms with Crippen molar-refractivity contribution in [2.24, 2.45) is 4.99 Å². The molecule has 0 spiro atoms. The molecule has 1 aromatic rings. The summed E-state index contributed by atoms with van der Waals surface area (Å²) in [5.74, 6) is 0.322. The first-order valence-electron chi connectivity index (χ1n) is 8.42. The third-order valence-corrected chi connectivity index (χ3v) is 3.28. The minimum Gasteiger partial charge on any atom is -0.444 e. The maximum atomic E-state index is 13.2. The predicted octanol–water partition coefficient (Wildman–Crippen LogP) is 2.75. The van der Waals surface area contributed by atoms with Crippen LogP contribution in [0.1, 0.15) is 33.3 Å². The highest BCUT2D eigenvalue weighted by Gasteiger charge is 2.20. The Morgan fingerprint density at radius 1 is 1.32 bits per heavy atom. The van der Waals surface area contributed by atoms with Gasteiger partial charge in [-0.25, -0.2) is 9.18 Å². The van der Waals surface area contributed by atoms with Crippen molar-refractivity contribution in [2.75, 3.05) is 26.7 Å². The number of aliphatic imine (C=N–C) groups is 1. The second-order valence-electron chi connectivity index (χ2n) is 6.54. The summed E-state index contributed by atoms with van der Waals surface area (Å²) >= 11 is 0. The highest BCUT2D eigenvalue weighted by molar-refractivity contribution is 5.79. The van der Waals surface area contributed by atoms with E-state index in [1.54, 1.807) is 18.0 Å². The van der Waals surface area contributed by atoms with E-state index in [1.165, 1.54) is 12.1 Å². The van der Waals surface area contributed by atoms with Crippen LogP contribution in [0.3, 0.4) is 0 Å². The van der Waals surface area contributed by atoms with Gasteiger partial charge in [0.25, 0.3) is 0 Å². The topological polar surface area (TPSA) is 66.0 Å². The molecular weight excluding hydrogens is 323 g/mol. The normalized spacial score (nSPS) is 11.8. The molecule has 0 fully saturated rings. The van der Waals surface area contributed by atoms with Gasteiger partial charge < -0.3 is 20.3 Å². The Bertz CT molecular complexity index is 585. The molecule has 0 heterocycles. The molecule has 140 valence electrons. The van der Waals surface area contributed by atoms with Crippen molar-refractivity contribution < 1.29 is 13.9 Å². The molecule has 0 unspecified atom stereocenters. The zero-order chi connectivity index (χ0) is 18.9. The summed E-state index contributed by atoms with van der Waals surface area (Å²) in [5, 5.41) is 6.24. The minimum atomic E-state index is -0.513. The lowest BCUT2D eigenvalue weighted by molar-refractivity contribution is 0.0264. The number of benzene rings is 1. The van der Waals surface area contributed by atoms with Gasteiger partial charge in [-0.3, -0.25) is 4.99 Å². The van der Waals surface area contributed by atoms with Crippen molar-refractivity contribution in [1.82, 2.24) is 15.5 Å². The summed E-state index contributed by atoms with van der Waals surface area (Å²) in [6.07, 6.45) is -0.334. The number of nitrogens with zero attached hydrogens (tertiary/aromatic N) is 2. The number of carbonyl (C=O) groups excluding carboxylic acids is 1. The summed E-state index contributed by atoms with van der Waals surface area (Å²) in [6.45, 7) is 9.47. The Balaban J connectivity index is 2.42. The number of carbonyl (C=O) groups is 1. The van der Waals surface area contributed by atoms with Crippen molar-refractivity contribution in [3.63, 3.8) is 0 Å². The summed E-state index contributed by atoms with van der Waals surface area (Å²) in [7, 11) is 1.66. The van der Waals surface area contributed by atoms with E-state index in [0.717, 1.165) is 5.56 Å². The molecule has 2 N–H and O–H groups in total. The molecule has 0 saturated carbocycles.